The third-order valence-corrected chi connectivity index (χ3v) is 2.53. The topological polar surface area (TPSA) is 55.8 Å². The molecule has 1 aromatic rings. The number of carbonyl (C=O) groups is 1. The Bertz CT molecular complexity index is 525. The van der Waals surface area contributed by atoms with Gasteiger partial charge in [-0.05, 0) is 25.5 Å². The lowest BCUT2D eigenvalue weighted by atomic mass is 10.1. The summed E-state index contributed by atoms with van der Waals surface area (Å²) in [5.41, 5.74) is -0.953. The molecule has 0 fully saturated rings. The molecule has 0 bridgehead atoms. The number of esters is 1. The number of ether oxygens (including phenoxy) is 2. The molecule has 0 saturated heterocycles. The molecule has 1 N–H and O–H groups in total. The fraction of sp³-hybridized carbons (Fsp3) is 0.417. The van der Waals surface area contributed by atoms with E-state index in [0.717, 1.165) is 13.2 Å². The third kappa shape index (κ3) is 3.12. The van der Waals surface area contributed by atoms with Crippen LogP contribution in [0, 0.1) is 12.7 Å². The Hall–Kier alpha value is -1.99. The second-order valence-corrected chi connectivity index (χ2v) is 4.02. The molecule has 0 amide bonds. The van der Waals surface area contributed by atoms with Crippen LogP contribution in [0.5, 0.6) is 11.5 Å². The highest BCUT2D eigenvalue weighted by Crippen LogP contribution is 2.36. The first-order valence-electron chi connectivity index (χ1n) is 5.43. The molecule has 0 saturated carbocycles. The molecule has 1 aromatic carbocycles. The maximum absolute atomic E-state index is 13.9. The van der Waals surface area contributed by atoms with E-state index in [1.165, 1.54) is 6.92 Å². The molecule has 0 heterocycles. The van der Waals surface area contributed by atoms with Gasteiger partial charge in [-0.3, -0.25) is 0 Å². The number of halogens is 4. The summed E-state index contributed by atoms with van der Waals surface area (Å²) in [5.74, 6) is -4.08. The summed E-state index contributed by atoms with van der Waals surface area (Å²) in [6.07, 6.45) is -7.11. The number of phenols is 1. The van der Waals surface area contributed by atoms with Crippen LogP contribution in [0.1, 0.15) is 22.8 Å². The number of aromatic hydroxyl groups is 1. The highest BCUT2D eigenvalue weighted by molar-refractivity contribution is 5.95. The molecule has 112 valence electrons. The molecule has 0 aromatic heterocycles. The van der Waals surface area contributed by atoms with Gasteiger partial charge in [-0.2, -0.15) is 13.2 Å². The molecule has 0 aliphatic rings. The summed E-state index contributed by atoms with van der Waals surface area (Å²) in [6, 6.07) is 0.896. The molecule has 0 spiro atoms. The van der Waals surface area contributed by atoms with E-state index in [4.69, 9.17) is 0 Å². The molecule has 0 radical (unpaired) electrons. The molecular weight excluding hydrogens is 284 g/mol. The number of aryl methyl sites for hydroxylation is 1. The van der Waals surface area contributed by atoms with E-state index in [2.05, 4.69) is 9.47 Å². The fourth-order valence-electron chi connectivity index (χ4n) is 1.40. The van der Waals surface area contributed by atoms with Gasteiger partial charge < -0.3 is 14.6 Å². The number of alkyl halides is 3. The summed E-state index contributed by atoms with van der Waals surface area (Å²) in [5, 5.41) is 9.59. The van der Waals surface area contributed by atoms with Gasteiger partial charge in [-0.1, -0.05) is 0 Å². The van der Waals surface area contributed by atoms with Gasteiger partial charge in [-0.15, -0.1) is 0 Å². The predicted molar refractivity (Wildman–Crippen MR) is 60.3 cm³/mol. The molecule has 8 heteroatoms. The highest BCUT2D eigenvalue weighted by Gasteiger charge is 2.40. The second kappa shape index (κ2) is 5.56. The molecular formula is C12H12F4O4. The largest absolute Gasteiger partial charge is 0.507 e. The summed E-state index contributed by atoms with van der Waals surface area (Å²) in [7, 11) is 0.941. The van der Waals surface area contributed by atoms with Crippen LogP contribution in [0.15, 0.2) is 6.07 Å². The zero-order valence-corrected chi connectivity index (χ0v) is 10.8. The van der Waals surface area contributed by atoms with Crippen molar-refractivity contribution in [3.63, 3.8) is 0 Å². The summed E-state index contributed by atoms with van der Waals surface area (Å²) >= 11 is 0. The van der Waals surface area contributed by atoms with Crippen molar-refractivity contribution in [2.45, 2.75) is 26.1 Å². The summed E-state index contributed by atoms with van der Waals surface area (Å²) in [6.45, 7) is 1.86. The maximum atomic E-state index is 13.9. The molecule has 0 aliphatic carbocycles. The highest BCUT2D eigenvalue weighted by atomic mass is 19.4. The zero-order valence-electron chi connectivity index (χ0n) is 10.8. The van der Waals surface area contributed by atoms with E-state index < -0.39 is 41.1 Å². The van der Waals surface area contributed by atoms with Crippen molar-refractivity contribution in [1.82, 2.24) is 0 Å². The number of hydrogen-bond donors (Lipinski definition) is 1. The number of phenolic OH excluding ortho intramolecular Hbond substituents is 1. The molecule has 0 aliphatic heterocycles. The van der Waals surface area contributed by atoms with Crippen molar-refractivity contribution in [1.29, 1.82) is 0 Å². The number of hydrogen-bond acceptors (Lipinski definition) is 4. The van der Waals surface area contributed by atoms with Gasteiger partial charge in [0, 0.05) is 0 Å². The zero-order chi connectivity index (χ0) is 15.7. The molecule has 1 rings (SSSR count). The van der Waals surface area contributed by atoms with Crippen LogP contribution in [0.2, 0.25) is 0 Å². The van der Waals surface area contributed by atoms with Gasteiger partial charge in [0.2, 0.25) is 0 Å². The number of methoxy groups -OCH3 is 1. The van der Waals surface area contributed by atoms with Crippen LogP contribution in [-0.2, 0) is 4.74 Å². The number of benzene rings is 1. The molecule has 0 unspecified atom stereocenters. The van der Waals surface area contributed by atoms with Crippen LogP contribution in [0.3, 0.4) is 0 Å². The minimum absolute atomic E-state index is 0.167. The van der Waals surface area contributed by atoms with E-state index in [9.17, 15) is 27.5 Å². The average Bonchev–Trinajstić information content (AvgIpc) is 2.33. The lowest BCUT2D eigenvalue weighted by molar-refractivity contribution is -0.189. The van der Waals surface area contributed by atoms with E-state index in [1.54, 1.807) is 0 Å². The SMILES string of the molecule is COC(=O)c1c(O)cc(C)c(F)c1O[C@H](C)C(F)(F)F. The Kier molecular flexibility index (Phi) is 4.46. The summed E-state index contributed by atoms with van der Waals surface area (Å²) in [4.78, 5) is 11.4. The predicted octanol–water partition coefficient (Wildman–Crippen LogP) is 2.96. The Labute approximate surface area is 111 Å². The molecule has 4 nitrogen and oxygen atoms in total. The van der Waals surface area contributed by atoms with Gasteiger partial charge in [0.1, 0.15) is 11.3 Å². The minimum atomic E-state index is -4.75. The quantitative estimate of drug-likeness (QED) is 0.688. The normalized spacial score (nSPS) is 12.9. The van der Waals surface area contributed by atoms with Crippen LogP contribution in [0.25, 0.3) is 0 Å². The Balaban J connectivity index is 3.39. The lowest BCUT2D eigenvalue weighted by Crippen LogP contribution is -2.32. The van der Waals surface area contributed by atoms with E-state index >= 15 is 0 Å². The van der Waals surface area contributed by atoms with Crippen LogP contribution >= 0.6 is 0 Å². The van der Waals surface area contributed by atoms with E-state index in [0.29, 0.717) is 6.92 Å². The van der Waals surface area contributed by atoms with E-state index in [1.807, 2.05) is 0 Å². The molecule has 1 atom stereocenters. The first-order chi connectivity index (χ1) is 9.09. The fourth-order valence-corrected chi connectivity index (χ4v) is 1.40. The lowest BCUT2D eigenvalue weighted by Gasteiger charge is -2.20. The Morgan fingerprint density at radius 1 is 1.40 bits per heavy atom. The number of rotatable bonds is 3. The minimum Gasteiger partial charge on any atom is -0.507 e. The monoisotopic (exact) mass is 296 g/mol. The van der Waals surface area contributed by atoms with Crippen molar-refractivity contribution < 1.29 is 36.9 Å². The average molecular weight is 296 g/mol. The Morgan fingerprint density at radius 3 is 2.40 bits per heavy atom. The standard InChI is InChI=1S/C12H12F4O4/c1-5-4-7(17)8(11(18)19-3)10(9(5)13)20-6(2)12(14,15)16/h4,6,17H,1-3H3/t6-/m1/s1. The summed E-state index contributed by atoms with van der Waals surface area (Å²) < 4.78 is 60.0. The van der Waals surface area contributed by atoms with Gasteiger partial charge in [0.05, 0.1) is 7.11 Å². The van der Waals surface area contributed by atoms with Gasteiger partial charge in [0.25, 0.3) is 0 Å². The molecule has 20 heavy (non-hydrogen) atoms. The third-order valence-electron chi connectivity index (χ3n) is 2.53. The van der Waals surface area contributed by atoms with Crippen molar-refractivity contribution in [2.24, 2.45) is 0 Å². The van der Waals surface area contributed by atoms with Crippen LogP contribution in [-0.4, -0.2) is 30.5 Å². The first kappa shape index (κ1) is 16.1. The second-order valence-electron chi connectivity index (χ2n) is 4.02. The van der Waals surface area contributed by atoms with Crippen LogP contribution in [0.4, 0.5) is 17.6 Å². The van der Waals surface area contributed by atoms with E-state index in [-0.39, 0.29) is 5.56 Å². The van der Waals surface area contributed by atoms with Crippen LogP contribution < -0.4 is 4.74 Å². The smallest absolute Gasteiger partial charge is 0.425 e. The van der Waals surface area contributed by atoms with Crippen molar-refractivity contribution >= 4 is 5.97 Å². The van der Waals surface area contributed by atoms with Gasteiger partial charge >= 0.3 is 12.1 Å². The van der Waals surface area contributed by atoms with Crippen molar-refractivity contribution in [3.8, 4) is 11.5 Å². The van der Waals surface area contributed by atoms with Gasteiger partial charge in [-0.25, -0.2) is 9.18 Å². The van der Waals surface area contributed by atoms with Crippen molar-refractivity contribution in [3.05, 3.63) is 23.0 Å². The first-order valence-corrected chi connectivity index (χ1v) is 5.43. The Morgan fingerprint density at radius 2 is 1.95 bits per heavy atom. The van der Waals surface area contributed by atoms with Gasteiger partial charge in [0.15, 0.2) is 17.7 Å². The van der Waals surface area contributed by atoms with Crippen molar-refractivity contribution in [2.75, 3.05) is 7.11 Å². The maximum Gasteiger partial charge on any atom is 0.425 e. The number of carbonyl (C=O) groups excluding carboxylic acids is 1.